The van der Waals surface area contributed by atoms with E-state index in [0.717, 1.165) is 18.1 Å². The summed E-state index contributed by atoms with van der Waals surface area (Å²) in [5.74, 6) is 0.663. The summed E-state index contributed by atoms with van der Waals surface area (Å²) in [4.78, 5) is 4.20. The number of nitrogens with one attached hydrogen (secondary N) is 1. The minimum absolute atomic E-state index is 0.354. The predicted molar refractivity (Wildman–Crippen MR) is 57.3 cm³/mol. The zero-order chi connectivity index (χ0) is 9.80. The monoisotopic (exact) mass is 212 g/mol. The number of hydrogen-bond donors (Lipinski definition) is 1. The van der Waals surface area contributed by atoms with Gasteiger partial charge in [-0.25, -0.2) is 4.98 Å². The van der Waals surface area contributed by atoms with Crippen LogP contribution in [-0.2, 0) is 11.3 Å². The lowest BCUT2D eigenvalue weighted by atomic mass is 9.97. The molecule has 1 fully saturated rings. The number of aromatic nitrogens is 1. The van der Waals surface area contributed by atoms with Crippen molar-refractivity contribution in [3.63, 3.8) is 0 Å². The van der Waals surface area contributed by atoms with E-state index in [1.165, 1.54) is 6.42 Å². The maximum atomic E-state index is 5.82. The summed E-state index contributed by atoms with van der Waals surface area (Å²) in [5, 5.41) is 6.41. The molecule has 1 aliphatic rings. The number of thiazole rings is 1. The van der Waals surface area contributed by atoms with Crippen LogP contribution in [0.2, 0.25) is 0 Å². The molecule has 1 N–H and O–H groups in total. The van der Waals surface area contributed by atoms with Crippen LogP contribution in [0.5, 0.6) is 0 Å². The second-order valence-corrected chi connectivity index (χ2v) is 4.72. The first-order valence-corrected chi connectivity index (χ1v) is 5.95. The zero-order valence-corrected chi connectivity index (χ0v) is 9.22. The molecule has 0 amide bonds. The van der Waals surface area contributed by atoms with Gasteiger partial charge in [-0.15, -0.1) is 11.3 Å². The minimum atomic E-state index is 0.354. The molecule has 2 atom stereocenters. The molecule has 1 aliphatic heterocycles. The van der Waals surface area contributed by atoms with Crippen LogP contribution in [0, 0.1) is 5.92 Å². The van der Waals surface area contributed by atoms with Gasteiger partial charge in [-0.05, 0) is 18.9 Å². The third kappa shape index (κ3) is 2.53. The lowest BCUT2D eigenvalue weighted by Gasteiger charge is -2.29. The van der Waals surface area contributed by atoms with Crippen LogP contribution in [0.15, 0.2) is 11.6 Å². The number of ether oxygens (including phenoxy) is 1. The second kappa shape index (κ2) is 4.87. The number of nitrogens with zero attached hydrogens (tertiary/aromatic N) is 1. The van der Waals surface area contributed by atoms with Gasteiger partial charge in [-0.2, -0.15) is 0 Å². The van der Waals surface area contributed by atoms with Gasteiger partial charge in [0.2, 0.25) is 0 Å². The van der Waals surface area contributed by atoms with Gasteiger partial charge in [0.15, 0.2) is 0 Å². The van der Waals surface area contributed by atoms with E-state index in [0.29, 0.717) is 18.6 Å². The number of hydrogen-bond acceptors (Lipinski definition) is 4. The van der Waals surface area contributed by atoms with Gasteiger partial charge in [-0.3, -0.25) is 0 Å². The molecule has 0 radical (unpaired) electrons. The highest BCUT2D eigenvalue weighted by Crippen LogP contribution is 2.17. The lowest BCUT2D eigenvalue weighted by Crippen LogP contribution is -2.40. The molecule has 2 rings (SSSR count). The van der Waals surface area contributed by atoms with Gasteiger partial charge < -0.3 is 10.1 Å². The van der Waals surface area contributed by atoms with Gasteiger partial charge in [0.25, 0.3) is 0 Å². The first kappa shape index (κ1) is 10.1. The molecule has 14 heavy (non-hydrogen) atoms. The minimum Gasteiger partial charge on any atom is -0.369 e. The fourth-order valence-electron chi connectivity index (χ4n) is 1.69. The second-order valence-electron chi connectivity index (χ2n) is 3.75. The van der Waals surface area contributed by atoms with Crippen LogP contribution in [0.3, 0.4) is 0 Å². The standard InChI is InChI=1S/C10H16N2OS/c1-8-2-3-11-6-9(8)13-7-10-12-4-5-14-10/h4-5,8-9,11H,2-3,6-7H2,1H3. The van der Waals surface area contributed by atoms with E-state index in [1.54, 1.807) is 11.3 Å². The van der Waals surface area contributed by atoms with E-state index < -0.39 is 0 Å². The van der Waals surface area contributed by atoms with Gasteiger partial charge in [0.1, 0.15) is 5.01 Å². The van der Waals surface area contributed by atoms with Crippen molar-refractivity contribution in [2.75, 3.05) is 13.1 Å². The number of piperidine rings is 1. The van der Waals surface area contributed by atoms with Gasteiger partial charge in [-0.1, -0.05) is 6.92 Å². The first-order valence-electron chi connectivity index (χ1n) is 5.07. The number of rotatable bonds is 3. The van der Waals surface area contributed by atoms with Crippen molar-refractivity contribution < 1.29 is 4.74 Å². The average Bonchev–Trinajstić information content (AvgIpc) is 2.69. The van der Waals surface area contributed by atoms with E-state index >= 15 is 0 Å². The summed E-state index contributed by atoms with van der Waals surface area (Å²) in [7, 11) is 0. The van der Waals surface area contributed by atoms with E-state index in [1.807, 2.05) is 11.6 Å². The molecular weight excluding hydrogens is 196 g/mol. The summed E-state index contributed by atoms with van der Waals surface area (Å²) >= 11 is 1.66. The maximum Gasteiger partial charge on any atom is 0.118 e. The summed E-state index contributed by atoms with van der Waals surface area (Å²) in [6.45, 7) is 5.02. The summed E-state index contributed by atoms with van der Waals surface area (Å²) in [6.07, 6.45) is 3.39. The van der Waals surface area contributed by atoms with Crippen LogP contribution >= 0.6 is 11.3 Å². The van der Waals surface area contributed by atoms with Crippen LogP contribution in [-0.4, -0.2) is 24.2 Å². The van der Waals surface area contributed by atoms with Crippen LogP contribution in [0.4, 0.5) is 0 Å². The molecule has 78 valence electrons. The van der Waals surface area contributed by atoms with Crippen molar-refractivity contribution in [2.24, 2.45) is 5.92 Å². The third-order valence-electron chi connectivity index (χ3n) is 2.66. The van der Waals surface area contributed by atoms with Gasteiger partial charge in [0, 0.05) is 18.1 Å². The van der Waals surface area contributed by atoms with Crippen LogP contribution in [0.25, 0.3) is 0 Å². The fourth-order valence-corrected chi connectivity index (χ4v) is 2.22. The highest BCUT2D eigenvalue weighted by Gasteiger charge is 2.21. The summed E-state index contributed by atoms with van der Waals surface area (Å²) in [6, 6.07) is 0. The molecule has 1 aromatic rings. The molecule has 2 unspecified atom stereocenters. The molecule has 0 bridgehead atoms. The zero-order valence-electron chi connectivity index (χ0n) is 8.40. The SMILES string of the molecule is CC1CCNCC1OCc1nccs1. The van der Waals surface area contributed by atoms with Crippen molar-refractivity contribution in [1.29, 1.82) is 0 Å². The summed E-state index contributed by atoms with van der Waals surface area (Å²) in [5.41, 5.74) is 0. The molecule has 3 nitrogen and oxygen atoms in total. The fraction of sp³-hybridized carbons (Fsp3) is 0.700. The molecule has 0 aromatic carbocycles. The van der Waals surface area contributed by atoms with Crippen LogP contribution in [0.1, 0.15) is 18.4 Å². The molecule has 2 heterocycles. The Morgan fingerprint density at radius 2 is 2.64 bits per heavy atom. The summed E-state index contributed by atoms with van der Waals surface area (Å²) < 4.78 is 5.82. The van der Waals surface area contributed by atoms with Gasteiger partial charge >= 0.3 is 0 Å². The van der Waals surface area contributed by atoms with Crippen molar-refractivity contribution in [2.45, 2.75) is 26.1 Å². The van der Waals surface area contributed by atoms with Crippen molar-refractivity contribution in [3.8, 4) is 0 Å². The van der Waals surface area contributed by atoms with Crippen LogP contribution < -0.4 is 5.32 Å². The Kier molecular flexibility index (Phi) is 3.50. The molecule has 0 aliphatic carbocycles. The topological polar surface area (TPSA) is 34.1 Å². The van der Waals surface area contributed by atoms with E-state index in [9.17, 15) is 0 Å². The Morgan fingerprint density at radius 1 is 1.71 bits per heavy atom. The normalized spacial score (nSPS) is 27.8. The Morgan fingerprint density at radius 3 is 3.36 bits per heavy atom. The molecular formula is C10H16N2OS. The molecule has 0 saturated carbocycles. The highest BCUT2D eigenvalue weighted by molar-refractivity contribution is 7.09. The van der Waals surface area contributed by atoms with Crippen molar-refractivity contribution in [1.82, 2.24) is 10.3 Å². The Labute approximate surface area is 88.5 Å². The predicted octanol–water partition coefficient (Wildman–Crippen LogP) is 1.66. The van der Waals surface area contributed by atoms with E-state index in [-0.39, 0.29) is 0 Å². The quantitative estimate of drug-likeness (QED) is 0.827. The Bertz CT molecular complexity index is 263. The van der Waals surface area contributed by atoms with Gasteiger partial charge in [0.05, 0.1) is 12.7 Å². The third-order valence-corrected chi connectivity index (χ3v) is 3.41. The molecule has 1 saturated heterocycles. The average molecular weight is 212 g/mol. The highest BCUT2D eigenvalue weighted by atomic mass is 32.1. The Hall–Kier alpha value is -0.450. The molecule has 1 aromatic heterocycles. The Balaban J connectivity index is 1.79. The molecule has 0 spiro atoms. The van der Waals surface area contributed by atoms with Crippen molar-refractivity contribution >= 4 is 11.3 Å². The maximum absolute atomic E-state index is 5.82. The lowest BCUT2D eigenvalue weighted by molar-refractivity contribution is -0.00663. The first-order chi connectivity index (χ1) is 6.86. The van der Waals surface area contributed by atoms with E-state index in [4.69, 9.17) is 4.74 Å². The smallest absolute Gasteiger partial charge is 0.118 e. The largest absolute Gasteiger partial charge is 0.369 e. The molecule has 4 heteroatoms. The van der Waals surface area contributed by atoms with E-state index in [2.05, 4.69) is 17.2 Å². The van der Waals surface area contributed by atoms with Crippen molar-refractivity contribution in [3.05, 3.63) is 16.6 Å².